The van der Waals surface area contributed by atoms with E-state index in [-0.39, 0.29) is 12.5 Å². The Kier molecular flexibility index (Phi) is 5.63. The number of carbonyl (C=O) groups is 1. The van der Waals surface area contributed by atoms with Crippen LogP contribution in [0.2, 0.25) is 0 Å². The van der Waals surface area contributed by atoms with Crippen LogP contribution in [0.1, 0.15) is 43.0 Å². The number of nitrogens with zero attached hydrogens (tertiary/aromatic N) is 1. The van der Waals surface area contributed by atoms with Gasteiger partial charge in [0, 0.05) is 28.8 Å². The third-order valence-corrected chi connectivity index (χ3v) is 4.74. The first-order valence-electron chi connectivity index (χ1n) is 7.17. The number of rotatable bonds is 3. The van der Waals surface area contributed by atoms with Gasteiger partial charge in [-0.25, -0.2) is 0 Å². The number of aliphatic hydroxyl groups is 1. The number of carbonyl (C=O) groups excluding carboxylic acids is 1. The van der Waals surface area contributed by atoms with Gasteiger partial charge in [-0.05, 0) is 24.8 Å². The molecule has 1 atom stereocenters. The van der Waals surface area contributed by atoms with Crippen molar-refractivity contribution in [1.82, 2.24) is 4.90 Å². The van der Waals surface area contributed by atoms with Crippen molar-refractivity contribution in [2.75, 3.05) is 13.2 Å². The van der Waals surface area contributed by atoms with Gasteiger partial charge in [0.15, 0.2) is 0 Å². The smallest absolute Gasteiger partial charge is 0.222 e. The van der Waals surface area contributed by atoms with E-state index in [1.807, 2.05) is 16.3 Å². The lowest BCUT2D eigenvalue weighted by Gasteiger charge is -2.19. The highest BCUT2D eigenvalue weighted by molar-refractivity contribution is 7.10. The second-order valence-corrected chi connectivity index (χ2v) is 6.17. The maximum absolute atomic E-state index is 12.1. The molecule has 0 spiro atoms. The van der Waals surface area contributed by atoms with Crippen LogP contribution in [-0.4, -0.2) is 29.1 Å². The van der Waals surface area contributed by atoms with E-state index in [9.17, 15) is 4.79 Å². The van der Waals surface area contributed by atoms with Crippen LogP contribution >= 0.6 is 11.3 Å². The first-order valence-corrected chi connectivity index (χ1v) is 8.05. The Morgan fingerprint density at radius 3 is 3.10 bits per heavy atom. The monoisotopic (exact) mass is 291 g/mol. The van der Waals surface area contributed by atoms with Gasteiger partial charge >= 0.3 is 0 Å². The fraction of sp³-hybridized carbons (Fsp3) is 0.562. The molecule has 0 saturated carbocycles. The number of hydrogen-bond donors (Lipinski definition) is 1. The van der Waals surface area contributed by atoms with Crippen molar-refractivity contribution >= 4 is 17.2 Å². The lowest BCUT2D eigenvalue weighted by atomic mass is 9.98. The summed E-state index contributed by atoms with van der Waals surface area (Å²) in [6, 6.07) is 2.02. The van der Waals surface area contributed by atoms with E-state index >= 15 is 0 Å². The zero-order chi connectivity index (χ0) is 14.4. The molecule has 0 radical (unpaired) electrons. The largest absolute Gasteiger partial charge is 0.384 e. The van der Waals surface area contributed by atoms with Crippen LogP contribution in [0.15, 0.2) is 11.4 Å². The molecule has 3 nitrogen and oxygen atoms in total. The third-order valence-electron chi connectivity index (χ3n) is 3.82. The third kappa shape index (κ3) is 4.09. The minimum Gasteiger partial charge on any atom is -0.384 e. The Balaban J connectivity index is 1.98. The first-order chi connectivity index (χ1) is 9.72. The number of aliphatic hydroxyl groups excluding tert-OH is 1. The maximum atomic E-state index is 12.1. The molecule has 20 heavy (non-hydrogen) atoms. The number of likely N-dealkylation sites (tertiary alicyclic amines) is 1. The molecule has 0 bridgehead atoms. The summed E-state index contributed by atoms with van der Waals surface area (Å²) in [5.74, 6) is 6.51. The van der Waals surface area contributed by atoms with Crippen molar-refractivity contribution in [3.8, 4) is 11.8 Å². The van der Waals surface area contributed by atoms with E-state index in [0.717, 1.165) is 29.8 Å². The summed E-state index contributed by atoms with van der Waals surface area (Å²) in [7, 11) is 0. The normalized spacial score (nSPS) is 19.4. The summed E-state index contributed by atoms with van der Waals surface area (Å²) in [5, 5.41) is 10.7. The fourth-order valence-electron chi connectivity index (χ4n) is 2.53. The lowest BCUT2D eigenvalue weighted by molar-refractivity contribution is -0.131. The Morgan fingerprint density at radius 1 is 1.50 bits per heavy atom. The molecular weight excluding hydrogens is 270 g/mol. The predicted octanol–water partition coefficient (Wildman–Crippen LogP) is 2.63. The highest BCUT2D eigenvalue weighted by Crippen LogP contribution is 2.23. The van der Waals surface area contributed by atoms with Crippen LogP contribution < -0.4 is 0 Å². The minimum atomic E-state index is -0.117. The molecule has 4 heteroatoms. The number of amides is 1. The zero-order valence-corrected chi connectivity index (χ0v) is 12.7. The Labute approximate surface area is 124 Å². The Bertz CT molecular complexity index is 512. The van der Waals surface area contributed by atoms with Gasteiger partial charge in [-0.2, -0.15) is 0 Å². The van der Waals surface area contributed by atoms with Crippen LogP contribution in [0, 0.1) is 17.8 Å². The summed E-state index contributed by atoms with van der Waals surface area (Å²) in [6.45, 7) is 3.65. The first kappa shape index (κ1) is 15.1. The molecule has 0 aromatic carbocycles. The second kappa shape index (κ2) is 7.47. The second-order valence-electron chi connectivity index (χ2n) is 5.18. The molecule has 2 heterocycles. The fourth-order valence-corrected chi connectivity index (χ4v) is 3.36. The van der Waals surface area contributed by atoms with Crippen LogP contribution in [0.25, 0.3) is 0 Å². The molecule has 1 unspecified atom stereocenters. The molecule has 1 amide bonds. The summed E-state index contributed by atoms with van der Waals surface area (Å²) in [5.41, 5.74) is 0.924. The molecule has 1 aromatic heterocycles. The van der Waals surface area contributed by atoms with Gasteiger partial charge in [-0.3, -0.25) is 4.79 Å². The highest BCUT2D eigenvalue weighted by atomic mass is 32.1. The molecule has 1 aliphatic heterocycles. The van der Waals surface area contributed by atoms with Gasteiger partial charge in [0.05, 0.1) is 6.54 Å². The SMILES string of the molecule is CCC1CCC(=O)N(Cc2cc(C#CCO)cs2)CC1. The van der Waals surface area contributed by atoms with Crippen LogP contribution in [0.4, 0.5) is 0 Å². The molecule has 1 fully saturated rings. The summed E-state index contributed by atoms with van der Waals surface area (Å²) in [6.07, 6.45) is 4.00. The summed E-state index contributed by atoms with van der Waals surface area (Å²) < 4.78 is 0. The molecule has 1 aromatic rings. The van der Waals surface area contributed by atoms with E-state index in [2.05, 4.69) is 18.8 Å². The molecule has 2 rings (SSSR count). The average Bonchev–Trinajstić information content (AvgIpc) is 2.83. The van der Waals surface area contributed by atoms with Gasteiger partial charge in [0.25, 0.3) is 0 Å². The van der Waals surface area contributed by atoms with Crippen LogP contribution in [0.3, 0.4) is 0 Å². The lowest BCUT2D eigenvalue weighted by Crippen LogP contribution is -2.29. The van der Waals surface area contributed by atoms with E-state index in [4.69, 9.17) is 5.11 Å². The minimum absolute atomic E-state index is 0.117. The molecule has 1 N–H and O–H groups in total. The molecule has 108 valence electrons. The van der Waals surface area contributed by atoms with Gasteiger partial charge in [0.2, 0.25) is 5.91 Å². The molecule has 1 aliphatic rings. The topological polar surface area (TPSA) is 40.5 Å². The Morgan fingerprint density at radius 2 is 2.35 bits per heavy atom. The zero-order valence-electron chi connectivity index (χ0n) is 11.9. The maximum Gasteiger partial charge on any atom is 0.222 e. The standard InChI is InChI=1S/C16H21NO2S/c1-2-13-5-6-16(19)17(8-7-13)11-15-10-14(12-20-15)4-3-9-18/h10,12-13,18H,2,5-9,11H2,1H3. The van der Waals surface area contributed by atoms with Gasteiger partial charge < -0.3 is 10.0 Å². The van der Waals surface area contributed by atoms with E-state index < -0.39 is 0 Å². The van der Waals surface area contributed by atoms with Gasteiger partial charge in [0.1, 0.15) is 6.61 Å². The molecular formula is C16H21NO2S. The highest BCUT2D eigenvalue weighted by Gasteiger charge is 2.21. The molecule has 1 saturated heterocycles. The summed E-state index contributed by atoms with van der Waals surface area (Å²) in [4.78, 5) is 15.3. The Hall–Kier alpha value is -1.31. The van der Waals surface area contributed by atoms with Crippen LogP contribution in [-0.2, 0) is 11.3 Å². The van der Waals surface area contributed by atoms with Crippen molar-refractivity contribution in [3.63, 3.8) is 0 Å². The van der Waals surface area contributed by atoms with E-state index in [1.165, 1.54) is 6.42 Å². The van der Waals surface area contributed by atoms with Gasteiger partial charge in [-0.15, -0.1) is 11.3 Å². The van der Waals surface area contributed by atoms with Crippen LogP contribution in [0.5, 0.6) is 0 Å². The van der Waals surface area contributed by atoms with Crippen molar-refractivity contribution in [2.45, 2.75) is 39.2 Å². The predicted molar refractivity (Wildman–Crippen MR) is 81.3 cm³/mol. The van der Waals surface area contributed by atoms with E-state index in [0.29, 0.717) is 18.9 Å². The van der Waals surface area contributed by atoms with Crippen molar-refractivity contribution < 1.29 is 9.90 Å². The van der Waals surface area contributed by atoms with Crippen molar-refractivity contribution in [1.29, 1.82) is 0 Å². The van der Waals surface area contributed by atoms with Gasteiger partial charge in [-0.1, -0.05) is 25.2 Å². The quantitative estimate of drug-likeness (QED) is 0.870. The average molecular weight is 291 g/mol. The molecule has 0 aliphatic carbocycles. The number of hydrogen-bond acceptors (Lipinski definition) is 3. The van der Waals surface area contributed by atoms with E-state index in [1.54, 1.807) is 11.3 Å². The summed E-state index contributed by atoms with van der Waals surface area (Å²) >= 11 is 1.63. The van der Waals surface area contributed by atoms with Crippen molar-refractivity contribution in [3.05, 3.63) is 21.9 Å². The van der Waals surface area contributed by atoms with Crippen molar-refractivity contribution in [2.24, 2.45) is 5.92 Å². The number of thiophene rings is 1.